The lowest BCUT2D eigenvalue weighted by Crippen LogP contribution is -2.46. The van der Waals surface area contributed by atoms with E-state index in [2.05, 4.69) is 15.6 Å². The Morgan fingerprint density at radius 3 is 1.95 bits per heavy atom. The smallest absolute Gasteiger partial charge is 0.374 e. The molecule has 0 saturated heterocycles. The number of hydrogen-bond acceptors (Lipinski definition) is 4. The Hall–Kier alpha value is -0.633. The van der Waals surface area contributed by atoms with E-state index >= 15 is 0 Å². The van der Waals surface area contributed by atoms with Crippen LogP contribution in [-0.4, -0.2) is 55.2 Å². The molecule has 0 aliphatic heterocycles. The summed E-state index contributed by atoms with van der Waals surface area (Å²) in [6.07, 6.45) is 0.924. The molecule has 0 heterocycles. The summed E-state index contributed by atoms with van der Waals surface area (Å²) < 4.78 is 17.4. The van der Waals surface area contributed by atoms with E-state index in [0.29, 0.717) is 19.8 Å². The summed E-state index contributed by atoms with van der Waals surface area (Å²) in [5, 5.41) is 6.19. The molecule has 0 aliphatic rings. The summed E-state index contributed by atoms with van der Waals surface area (Å²) in [4.78, 5) is 4.06. The summed E-state index contributed by atoms with van der Waals surface area (Å²) in [5.74, 6) is 0.788. The second-order valence-corrected chi connectivity index (χ2v) is 6.57. The van der Waals surface area contributed by atoms with Crippen LogP contribution in [0.1, 0.15) is 27.2 Å². The summed E-state index contributed by atoms with van der Waals surface area (Å²) in [6.45, 7) is 8.60. The molecule has 0 aromatic heterocycles. The normalized spacial score (nSPS) is 12.6. The average Bonchev–Trinajstić information content (AvgIpc) is 2.40. The first-order valence-electron chi connectivity index (χ1n) is 6.98. The molecule has 0 rings (SSSR count). The molecule has 19 heavy (non-hydrogen) atoms. The molecular weight excluding hydrogens is 262 g/mol. The summed E-state index contributed by atoms with van der Waals surface area (Å²) in [6, 6.07) is 0.816. The number of guanidine groups is 1. The fourth-order valence-corrected chi connectivity index (χ4v) is 4.40. The molecule has 7 heteroatoms. The molecule has 0 aliphatic carbocycles. The number of nitrogens with one attached hydrogen (secondary N) is 2. The van der Waals surface area contributed by atoms with Gasteiger partial charge in [-0.15, -0.1) is 0 Å². The first kappa shape index (κ1) is 18.4. The van der Waals surface area contributed by atoms with Gasteiger partial charge < -0.3 is 23.9 Å². The first-order chi connectivity index (χ1) is 9.17. The molecule has 0 aromatic carbocycles. The van der Waals surface area contributed by atoms with Crippen molar-refractivity contribution in [3.05, 3.63) is 0 Å². The van der Waals surface area contributed by atoms with Gasteiger partial charge in [0.1, 0.15) is 0 Å². The van der Waals surface area contributed by atoms with E-state index in [4.69, 9.17) is 13.3 Å². The molecule has 0 bridgehead atoms. The SMILES string of the molecule is CCO[Si](CCCNC(=NC)NC)(OCC)OCC. The highest BCUT2D eigenvalue weighted by Gasteiger charge is 2.39. The fourth-order valence-electron chi connectivity index (χ4n) is 1.79. The van der Waals surface area contributed by atoms with Gasteiger partial charge in [0.15, 0.2) is 5.96 Å². The van der Waals surface area contributed by atoms with Gasteiger partial charge >= 0.3 is 8.80 Å². The molecule has 0 unspecified atom stereocenters. The highest BCUT2D eigenvalue weighted by atomic mass is 28.4. The Morgan fingerprint density at radius 1 is 1.05 bits per heavy atom. The van der Waals surface area contributed by atoms with Gasteiger partial charge in [0.05, 0.1) is 0 Å². The molecule has 114 valence electrons. The lowest BCUT2D eigenvalue weighted by Gasteiger charge is -2.28. The minimum absolute atomic E-state index is 0.623. The number of aliphatic imine (C=N–C) groups is 1. The van der Waals surface area contributed by atoms with Crippen LogP contribution < -0.4 is 10.6 Å². The van der Waals surface area contributed by atoms with Gasteiger partial charge in [-0.05, 0) is 27.2 Å². The minimum atomic E-state index is -2.49. The molecule has 2 N–H and O–H groups in total. The Balaban J connectivity index is 4.24. The molecule has 6 nitrogen and oxygen atoms in total. The third-order valence-corrected chi connectivity index (χ3v) is 5.66. The molecule has 0 spiro atoms. The predicted octanol–water partition coefficient (Wildman–Crippen LogP) is 1.22. The Labute approximate surface area is 118 Å². The van der Waals surface area contributed by atoms with Crippen molar-refractivity contribution in [1.29, 1.82) is 0 Å². The van der Waals surface area contributed by atoms with Crippen molar-refractivity contribution in [2.24, 2.45) is 4.99 Å². The zero-order valence-electron chi connectivity index (χ0n) is 12.9. The molecular formula is C12H29N3O3Si. The van der Waals surface area contributed by atoms with Gasteiger partial charge in [-0.2, -0.15) is 0 Å². The van der Waals surface area contributed by atoms with Crippen molar-refractivity contribution in [2.75, 3.05) is 40.5 Å². The van der Waals surface area contributed by atoms with Crippen LogP contribution in [0.3, 0.4) is 0 Å². The molecule has 0 atom stereocenters. The van der Waals surface area contributed by atoms with Gasteiger partial charge in [0, 0.05) is 46.5 Å². The second-order valence-electron chi connectivity index (χ2n) is 3.83. The Morgan fingerprint density at radius 2 is 1.58 bits per heavy atom. The van der Waals surface area contributed by atoms with E-state index in [1.54, 1.807) is 7.05 Å². The first-order valence-corrected chi connectivity index (χ1v) is 8.91. The van der Waals surface area contributed by atoms with Crippen LogP contribution in [0.5, 0.6) is 0 Å². The van der Waals surface area contributed by atoms with Gasteiger partial charge in [-0.1, -0.05) is 0 Å². The molecule has 0 radical (unpaired) electrons. The van der Waals surface area contributed by atoms with E-state index in [-0.39, 0.29) is 0 Å². The van der Waals surface area contributed by atoms with Gasteiger partial charge in [-0.25, -0.2) is 0 Å². The predicted molar refractivity (Wildman–Crippen MR) is 80.5 cm³/mol. The van der Waals surface area contributed by atoms with E-state index in [9.17, 15) is 0 Å². The quantitative estimate of drug-likeness (QED) is 0.274. The largest absolute Gasteiger partial charge is 0.500 e. The van der Waals surface area contributed by atoms with Gasteiger partial charge in [-0.3, -0.25) is 4.99 Å². The third kappa shape index (κ3) is 7.51. The van der Waals surface area contributed by atoms with Gasteiger partial charge in [0.25, 0.3) is 0 Å². The number of rotatable bonds is 10. The topological polar surface area (TPSA) is 64.1 Å². The fraction of sp³-hybridized carbons (Fsp3) is 0.917. The van der Waals surface area contributed by atoms with E-state index in [0.717, 1.165) is 25.0 Å². The van der Waals surface area contributed by atoms with E-state index in [1.807, 2.05) is 27.8 Å². The molecule has 0 aromatic rings. The minimum Gasteiger partial charge on any atom is -0.374 e. The van der Waals surface area contributed by atoms with Crippen molar-refractivity contribution in [2.45, 2.75) is 33.2 Å². The van der Waals surface area contributed by atoms with Crippen molar-refractivity contribution in [3.8, 4) is 0 Å². The van der Waals surface area contributed by atoms with Crippen LogP contribution in [0.15, 0.2) is 4.99 Å². The van der Waals surface area contributed by atoms with Crippen LogP contribution in [0.2, 0.25) is 6.04 Å². The van der Waals surface area contributed by atoms with Crippen LogP contribution >= 0.6 is 0 Å². The summed E-state index contributed by atoms with van der Waals surface area (Å²) in [7, 11) is 1.10. The lowest BCUT2D eigenvalue weighted by molar-refractivity contribution is 0.0709. The third-order valence-electron chi connectivity index (χ3n) is 2.51. The van der Waals surface area contributed by atoms with Crippen LogP contribution in [0, 0.1) is 0 Å². The zero-order valence-corrected chi connectivity index (χ0v) is 13.9. The van der Waals surface area contributed by atoms with E-state index < -0.39 is 8.80 Å². The second kappa shape index (κ2) is 11.2. The van der Waals surface area contributed by atoms with Crippen molar-refractivity contribution < 1.29 is 13.3 Å². The number of nitrogens with zero attached hydrogens (tertiary/aromatic N) is 1. The van der Waals surface area contributed by atoms with Crippen molar-refractivity contribution in [1.82, 2.24) is 10.6 Å². The molecule has 0 amide bonds. The standard InChI is InChI=1S/C12H29N3O3Si/c1-6-16-19(17-7-2,18-8-3)11-9-10-15-12(13-4)14-5/h6-11H2,1-5H3,(H2,13,14,15). The Kier molecular flexibility index (Phi) is 10.8. The lowest BCUT2D eigenvalue weighted by atomic mass is 10.5. The maximum Gasteiger partial charge on any atom is 0.500 e. The van der Waals surface area contributed by atoms with Crippen molar-refractivity contribution in [3.63, 3.8) is 0 Å². The van der Waals surface area contributed by atoms with Crippen LogP contribution in [0.25, 0.3) is 0 Å². The van der Waals surface area contributed by atoms with Crippen molar-refractivity contribution >= 4 is 14.8 Å². The monoisotopic (exact) mass is 291 g/mol. The Bertz CT molecular complexity index is 235. The van der Waals surface area contributed by atoms with Gasteiger partial charge in [0.2, 0.25) is 0 Å². The summed E-state index contributed by atoms with van der Waals surface area (Å²) >= 11 is 0. The maximum atomic E-state index is 5.79. The summed E-state index contributed by atoms with van der Waals surface area (Å²) in [5.41, 5.74) is 0. The number of hydrogen-bond donors (Lipinski definition) is 2. The molecule has 0 saturated carbocycles. The molecule has 0 fully saturated rings. The highest BCUT2D eigenvalue weighted by molar-refractivity contribution is 6.60. The average molecular weight is 291 g/mol. The van der Waals surface area contributed by atoms with Crippen LogP contribution in [-0.2, 0) is 13.3 Å². The maximum absolute atomic E-state index is 5.79. The van der Waals surface area contributed by atoms with E-state index in [1.165, 1.54) is 0 Å². The zero-order chi connectivity index (χ0) is 14.6. The highest BCUT2D eigenvalue weighted by Crippen LogP contribution is 2.17. The van der Waals surface area contributed by atoms with Crippen LogP contribution in [0.4, 0.5) is 0 Å².